The first-order chi connectivity index (χ1) is 14.1. The van der Waals surface area contributed by atoms with Crippen LogP contribution >= 0.6 is 0 Å². The van der Waals surface area contributed by atoms with Crippen molar-refractivity contribution in [3.05, 3.63) is 30.1 Å². The van der Waals surface area contributed by atoms with E-state index >= 15 is 0 Å². The van der Waals surface area contributed by atoms with Crippen LogP contribution in [0.5, 0.6) is 0 Å². The van der Waals surface area contributed by atoms with Gasteiger partial charge in [-0.25, -0.2) is 4.57 Å². The van der Waals surface area contributed by atoms with Crippen molar-refractivity contribution < 1.29 is 14.5 Å². The van der Waals surface area contributed by atoms with Crippen LogP contribution in [0.15, 0.2) is 24.4 Å². The highest BCUT2D eigenvalue weighted by Gasteiger charge is 2.03. The Balaban J connectivity index is 0.00000178. The molecule has 1 aromatic rings. The molecule has 3 nitrogen and oxygen atoms in total. The molecule has 1 rings (SSSR count). The molecule has 0 fully saturated rings. The van der Waals surface area contributed by atoms with Crippen LogP contribution < -0.4 is 9.67 Å². The summed E-state index contributed by atoms with van der Waals surface area (Å²) < 4.78 is 2.26. The van der Waals surface area contributed by atoms with Crippen LogP contribution in [0.1, 0.15) is 122 Å². The van der Waals surface area contributed by atoms with E-state index in [4.69, 9.17) is 9.90 Å². The number of aromatic nitrogens is 1. The minimum Gasteiger partial charge on any atom is -0.550 e. The highest BCUT2D eigenvalue weighted by Crippen LogP contribution is 2.14. The molecule has 0 saturated carbocycles. The van der Waals surface area contributed by atoms with E-state index in [1.54, 1.807) is 0 Å². The first-order valence-electron chi connectivity index (χ1n) is 12.2. The molecular formula is C26H47NO2. The molecule has 29 heavy (non-hydrogen) atoms. The summed E-state index contributed by atoms with van der Waals surface area (Å²) in [7, 11) is 2.15. The highest BCUT2D eigenvalue weighted by atomic mass is 16.4. The second-order valence-electron chi connectivity index (χ2n) is 8.35. The Labute approximate surface area is 180 Å². The maximum absolute atomic E-state index is 8.89. The van der Waals surface area contributed by atoms with Crippen LogP contribution in [0.4, 0.5) is 0 Å². The lowest BCUT2D eigenvalue weighted by molar-refractivity contribution is -0.679. The molecule has 0 spiro atoms. The zero-order valence-electron chi connectivity index (χ0n) is 19.6. The Morgan fingerprint density at radius 3 is 1.52 bits per heavy atom. The third-order valence-corrected chi connectivity index (χ3v) is 5.45. The van der Waals surface area contributed by atoms with Crippen LogP contribution in [0.3, 0.4) is 0 Å². The Bertz CT molecular complexity index is 483. The molecule has 0 radical (unpaired) electrons. The van der Waals surface area contributed by atoms with Crippen molar-refractivity contribution in [2.45, 2.75) is 123 Å². The zero-order chi connectivity index (χ0) is 21.6. The van der Waals surface area contributed by atoms with E-state index in [-0.39, 0.29) is 0 Å². The predicted molar refractivity (Wildman–Crippen MR) is 122 cm³/mol. The summed E-state index contributed by atoms with van der Waals surface area (Å²) >= 11 is 0. The van der Waals surface area contributed by atoms with E-state index < -0.39 is 5.97 Å². The Hall–Kier alpha value is -1.38. The molecule has 3 heteroatoms. The van der Waals surface area contributed by atoms with Gasteiger partial charge in [0.1, 0.15) is 7.05 Å². The van der Waals surface area contributed by atoms with Crippen molar-refractivity contribution in [1.82, 2.24) is 0 Å². The van der Waals surface area contributed by atoms with Gasteiger partial charge in [-0.1, -0.05) is 109 Å². The number of aryl methyl sites for hydroxylation is 2. The summed E-state index contributed by atoms with van der Waals surface area (Å²) in [5.41, 5.74) is 1.47. The van der Waals surface area contributed by atoms with Gasteiger partial charge in [0.2, 0.25) is 0 Å². The molecule has 0 N–H and O–H groups in total. The Morgan fingerprint density at radius 1 is 0.759 bits per heavy atom. The molecule has 0 aliphatic rings. The molecule has 0 aliphatic heterocycles. The number of pyridine rings is 1. The summed E-state index contributed by atoms with van der Waals surface area (Å²) in [5, 5.41) is 8.89. The summed E-state index contributed by atoms with van der Waals surface area (Å²) in [5.74, 6) is -1.08. The lowest BCUT2D eigenvalue weighted by atomic mass is 10.0. The minimum atomic E-state index is -1.08. The smallest absolute Gasteiger partial charge is 0.181 e. The van der Waals surface area contributed by atoms with Crippen molar-refractivity contribution in [3.8, 4) is 0 Å². The number of carboxylic acid groups (broad SMARTS) is 1. The molecular weight excluding hydrogens is 358 g/mol. The van der Waals surface area contributed by atoms with Gasteiger partial charge in [0.15, 0.2) is 11.9 Å². The SMILES string of the molecule is CC(=O)[O-].CCCCCCCCCCCCCCCCCCc1cccc[n+]1C. The fraction of sp³-hybridized carbons (Fsp3) is 0.769. The lowest BCUT2D eigenvalue weighted by Gasteiger charge is -2.03. The molecule has 0 amide bonds. The first-order valence-corrected chi connectivity index (χ1v) is 12.2. The summed E-state index contributed by atoms with van der Waals surface area (Å²) in [6.07, 6.45) is 26.5. The Morgan fingerprint density at radius 2 is 1.14 bits per heavy atom. The second-order valence-corrected chi connectivity index (χ2v) is 8.35. The van der Waals surface area contributed by atoms with Crippen molar-refractivity contribution in [2.24, 2.45) is 7.05 Å². The van der Waals surface area contributed by atoms with Gasteiger partial charge in [0.25, 0.3) is 0 Å². The van der Waals surface area contributed by atoms with Gasteiger partial charge in [0, 0.05) is 24.5 Å². The van der Waals surface area contributed by atoms with Gasteiger partial charge in [-0.3, -0.25) is 0 Å². The standard InChI is InChI=1S/C24H44N.C2H4O2/c1-3-4-5-6-7-8-9-10-11-12-13-14-15-16-17-18-21-24-22-19-20-23-25(24)2;1-2(3)4/h19-20,22-23H,3-18,21H2,1-2H3;1H3,(H,3,4)/q+1;/p-1. The van der Waals surface area contributed by atoms with Gasteiger partial charge in [0.05, 0.1) is 0 Å². The molecule has 0 aliphatic carbocycles. The van der Waals surface area contributed by atoms with Gasteiger partial charge in [-0.2, -0.15) is 0 Å². The number of carbonyl (C=O) groups excluding carboxylic acids is 1. The fourth-order valence-corrected chi connectivity index (χ4v) is 3.67. The van der Waals surface area contributed by atoms with Crippen molar-refractivity contribution in [1.29, 1.82) is 0 Å². The summed E-state index contributed by atoms with van der Waals surface area (Å²) in [6.45, 7) is 3.27. The molecule has 168 valence electrons. The van der Waals surface area contributed by atoms with Crippen LogP contribution in [-0.4, -0.2) is 5.97 Å². The molecule has 0 saturated heterocycles. The van der Waals surface area contributed by atoms with Crippen LogP contribution in [0.25, 0.3) is 0 Å². The topological polar surface area (TPSA) is 44.0 Å². The van der Waals surface area contributed by atoms with Gasteiger partial charge in [-0.15, -0.1) is 0 Å². The minimum absolute atomic E-state index is 0.972. The number of hydrogen-bond donors (Lipinski definition) is 0. The van der Waals surface area contributed by atoms with E-state index in [1.807, 2.05) is 0 Å². The molecule has 0 atom stereocenters. The molecule has 0 unspecified atom stereocenters. The highest BCUT2D eigenvalue weighted by molar-refractivity contribution is 5.60. The fourth-order valence-electron chi connectivity index (χ4n) is 3.67. The zero-order valence-corrected chi connectivity index (χ0v) is 19.6. The monoisotopic (exact) mass is 405 g/mol. The second kappa shape index (κ2) is 21.3. The average Bonchev–Trinajstić information content (AvgIpc) is 2.68. The first kappa shape index (κ1) is 27.6. The number of unbranched alkanes of at least 4 members (excludes halogenated alkanes) is 15. The maximum Gasteiger partial charge on any atom is 0.181 e. The van der Waals surface area contributed by atoms with Crippen molar-refractivity contribution in [2.75, 3.05) is 0 Å². The molecule has 0 aromatic carbocycles. The van der Waals surface area contributed by atoms with Gasteiger partial charge in [-0.05, 0) is 13.3 Å². The lowest BCUT2D eigenvalue weighted by Crippen LogP contribution is -2.32. The van der Waals surface area contributed by atoms with E-state index in [9.17, 15) is 0 Å². The summed E-state index contributed by atoms with van der Waals surface area (Å²) in [6, 6.07) is 6.52. The van der Waals surface area contributed by atoms with E-state index in [1.165, 1.54) is 115 Å². The third kappa shape index (κ3) is 21.2. The van der Waals surface area contributed by atoms with Crippen molar-refractivity contribution >= 4 is 5.97 Å². The molecule has 0 bridgehead atoms. The van der Waals surface area contributed by atoms with Crippen LogP contribution in [0.2, 0.25) is 0 Å². The van der Waals surface area contributed by atoms with Crippen LogP contribution in [-0.2, 0) is 18.3 Å². The van der Waals surface area contributed by atoms with E-state index in [2.05, 4.69) is 42.9 Å². The van der Waals surface area contributed by atoms with Crippen LogP contribution in [0, 0.1) is 0 Å². The predicted octanol–water partition coefficient (Wildman–Crippen LogP) is 6.07. The number of aliphatic carboxylic acids is 1. The van der Waals surface area contributed by atoms with E-state index in [0.717, 1.165) is 6.92 Å². The summed E-state index contributed by atoms with van der Waals surface area (Å²) in [4.78, 5) is 8.89. The normalized spacial score (nSPS) is 10.4. The average molecular weight is 406 g/mol. The Kier molecular flexibility index (Phi) is 20.3. The van der Waals surface area contributed by atoms with E-state index in [0.29, 0.717) is 0 Å². The van der Waals surface area contributed by atoms with Gasteiger partial charge >= 0.3 is 0 Å². The number of rotatable bonds is 17. The molecule has 1 aromatic heterocycles. The number of carboxylic acids is 1. The molecule has 1 heterocycles. The third-order valence-electron chi connectivity index (χ3n) is 5.45. The maximum atomic E-state index is 8.89. The number of carbonyl (C=O) groups is 1. The van der Waals surface area contributed by atoms with Crippen molar-refractivity contribution in [3.63, 3.8) is 0 Å². The number of hydrogen-bond acceptors (Lipinski definition) is 2. The quantitative estimate of drug-likeness (QED) is 0.233. The van der Waals surface area contributed by atoms with Gasteiger partial charge < -0.3 is 9.90 Å². The number of nitrogens with zero attached hydrogens (tertiary/aromatic N) is 1. The largest absolute Gasteiger partial charge is 0.550 e.